The summed E-state index contributed by atoms with van der Waals surface area (Å²) in [5.41, 5.74) is 15.3. The van der Waals surface area contributed by atoms with Crippen LogP contribution < -0.4 is 0 Å². The van der Waals surface area contributed by atoms with Gasteiger partial charge < -0.3 is 9.97 Å². The SMILES string of the molecule is [Pt+2].[c-]1c(C2(c3[c-]c(-c4cc(-c5ccccc5)ccn4)c4cccnc4c3)c3ccccc3-c3ccccc32)cc2ncccc2c1-c1cc(-c2ccccc2)ccn1. The van der Waals surface area contributed by atoms with E-state index >= 15 is 0 Å². The predicted molar refractivity (Wildman–Crippen MR) is 229 cm³/mol. The van der Waals surface area contributed by atoms with Crippen LogP contribution in [0.1, 0.15) is 22.3 Å². The molecular weight excluding hydrogens is 888 g/mol. The summed E-state index contributed by atoms with van der Waals surface area (Å²) in [4.78, 5) is 19.9. The Morgan fingerprint density at radius 3 is 1.26 bits per heavy atom. The number of hydrogen-bond donors (Lipinski definition) is 0. The van der Waals surface area contributed by atoms with Gasteiger partial charge in [0.1, 0.15) is 0 Å². The summed E-state index contributed by atoms with van der Waals surface area (Å²) in [6.45, 7) is 0. The van der Waals surface area contributed by atoms with Crippen LogP contribution in [0.5, 0.6) is 0 Å². The van der Waals surface area contributed by atoms with Crippen molar-refractivity contribution < 1.29 is 21.1 Å². The van der Waals surface area contributed by atoms with Crippen LogP contribution in [0.2, 0.25) is 0 Å². The van der Waals surface area contributed by atoms with Crippen LogP contribution in [0.3, 0.4) is 0 Å². The molecule has 6 aromatic carbocycles. The first-order valence-corrected chi connectivity index (χ1v) is 19.1. The number of aromatic nitrogens is 4. The maximum Gasteiger partial charge on any atom is 2.00 e. The zero-order valence-electron chi connectivity index (χ0n) is 31.1. The molecule has 0 saturated heterocycles. The summed E-state index contributed by atoms with van der Waals surface area (Å²) in [6.07, 6.45) is 7.51. The zero-order chi connectivity index (χ0) is 37.8. The molecule has 1 aliphatic carbocycles. The number of hydrogen-bond acceptors (Lipinski definition) is 4. The van der Waals surface area contributed by atoms with Crippen molar-refractivity contribution >= 4 is 21.8 Å². The molecule has 274 valence electrons. The van der Waals surface area contributed by atoms with E-state index in [0.29, 0.717) is 0 Å². The number of benzene rings is 6. The van der Waals surface area contributed by atoms with E-state index in [1.54, 1.807) is 0 Å². The standard InChI is InChI=1S/C53H32N4.Pt/c1-3-13-35(14-4-1)37-23-27-56-49(29-37)45-31-39(33-51-43(45)19-11-25-54-51)53(47-21-9-7-17-41(47)42-18-8-10-22-48(42)53)40-32-46(44-20-12-26-55-52(44)34-40)50-30-38(24-28-57-50)36-15-5-2-6-16-36;/h1-30,33-34H;/q-2;+2. The van der Waals surface area contributed by atoms with Crippen molar-refractivity contribution in [1.29, 1.82) is 0 Å². The molecule has 0 amide bonds. The van der Waals surface area contributed by atoms with Gasteiger partial charge in [0.25, 0.3) is 0 Å². The summed E-state index contributed by atoms with van der Waals surface area (Å²) < 4.78 is 0. The van der Waals surface area contributed by atoms with Gasteiger partial charge in [-0.1, -0.05) is 156 Å². The fourth-order valence-electron chi connectivity index (χ4n) is 8.76. The van der Waals surface area contributed by atoms with Crippen molar-refractivity contribution in [1.82, 2.24) is 19.9 Å². The van der Waals surface area contributed by atoms with Gasteiger partial charge in [-0.15, -0.1) is 46.5 Å². The summed E-state index contributed by atoms with van der Waals surface area (Å²) in [7, 11) is 0. The second-order valence-corrected chi connectivity index (χ2v) is 14.4. The average molecular weight is 920 g/mol. The third-order valence-electron chi connectivity index (χ3n) is 11.3. The summed E-state index contributed by atoms with van der Waals surface area (Å²) in [5, 5.41) is 1.97. The van der Waals surface area contributed by atoms with E-state index in [-0.39, 0.29) is 21.1 Å². The van der Waals surface area contributed by atoms with E-state index in [0.717, 1.165) is 88.8 Å². The van der Waals surface area contributed by atoms with Gasteiger partial charge in [0.15, 0.2) is 0 Å². The van der Waals surface area contributed by atoms with Crippen LogP contribution >= 0.6 is 0 Å². The van der Waals surface area contributed by atoms with E-state index in [1.165, 1.54) is 11.1 Å². The van der Waals surface area contributed by atoms with Gasteiger partial charge in [-0.3, -0.25) is 9.97 Å². The molecular formula is C53H32N4Pt. The van der Waals surface area contributed by atoms with Crippen molar-refractivity contribution in [2.45, 2.75) is 5.41 Å². The average Bonchev–Trinajstić information content (AvgIpc) is 3.60. The van der Waals surface area contributed by atoms with Gasteiger partial charge in [0.2, 0.25) is 0 Å². The number of fused-ring (bicyclic) bond motifs is 5. The van der Waals surface area contributed by atoms with Crippen LogP contribution in [-0.4, -0.2) is 19.9 Å². The summed E-state index contributed by atoms with van der Waals surface area (Å²) in [6, 6.07) is 67.5. The molecule has 11 rings (SSSR count). The molecule has 0 radical (unpaired) electrons. The van der Waals surface area contributed by atoms with Crippen molar-refractivity contribution in [3.05, 3.63) is 229 Å². The minimum Gasteiger partial charge on any atom is -0.305 e. The van der Waals surface area contributed by atoms with Gasteiger partial charge in [-0.25, -0.2) is 0 Å². The topological polar surface area (TPSA) is 51.6 Å². The molecule has 4 nitrogen and oxygen atoms in total. The quantitative estimate of drug-likeness (QED) is 0.156. The van der Waals surface area contributed by atoms with E-state index in [4.69, 9.17) is 19.9 Å². The summed E-state index contributed by atoms with van der Waals surface area (Å²) in [5.74, 6) is 0. The minimum absolute atomic E-state index is 0. The Hall–Kier alpha value is -6.87. The predicted octanol–water partition coefficient (Wildman–Crippen LogP) is 12.2. The number of nitrogens with zero attached hydrogens (tertiary/aromatic N) is 4. The first-order valence-electron chi connectivity index (χ1n) is 19.1. The molecule has 0 fully saturated rings. The van der Waals surface area contributed by atoms with Crippen LogP contribution in [0.25, 0.3) is 77.7 Å². The number of pyridine rings is 4. The van der Waals surface area contributed by atoms with E-state index in [1.807, 2.05) is 49.1 Å². The van der Waals surface area contributed by atoms with E-state index < -0.39 is 5.41 Å². The molecule has 0 atom stereocenters. The fourth-order valence-corrected chi connectivity index (χ4v) is 8.76. The van der Waals surface area contributed by atoms with Crippen LogP contribution in [0.15, 0.2) is 195 Å². The Bertz CT molecular complexity index is 2930. The first-order chi connectivity index (χ1) is 28.3. The Balaban J connectivity index is 0.00000408. The molecule has 0 N–H and O–H groups in total. The minimum atomic E-state index is -0.845. The maximum atomic E-state index is 4.99. The molecule has 5 heteroatoms. The Kier molecular flexibility index (Phi) is 8.93. The van der Waals surface area contributed by atoms with Gasteiger partial charge in [-0.05, 0) is 79.1 Å². The molecule has 0 aliphatic heterocycles. The third-order valence-corrected chi connectivity index (χ3v) is 11.3. The Morgan fingerprint density at radius 2 is 0.793 bits per heavy atom. The molecule has 0 spiro atoms. The fraction of sp³-hybridized carbons (Fsp3) is 0.0189. The molecule has 4 heterocycles. The van der Waals surface area contributed by atoms with E-state index in [9.17, 15) is 0 Å². The monoisotopic (exact) mass is 919 g/mol. The van der Waals surface area contributed by atoms with Gasteiger partial charge in [0, 0.05) is 30.2 Å². The van der Waals surface area contributed by atoms with Crippen LogP contribution in [0.4, 0.5) is 0 Å². The van der Waals surface area contributed by atoms with Crippen LogP contribution in [0, 0.1) is 12.1 Å². The molecule has 1 aliphatic rings. The molecule has 4 aromatic heterocycles. The van der Waals surface area contributed by atoms with Gasteiger partial charge in [-0.2, -0.15) is 0 Å². The molecule has 58 heavy (non-hydrogen) atoms. The maximum absolute atomic E-state index is 4.99. The second kappa shape index (κ2) is 14.6. The first kappa shape index (κ1) is 35.5. The molecule has 10 aromatic rings. The van der Waals surface area contributed by atoms with Gasteiger partial charge in [0.05, 0.1) is 0 Å². The van der Waals surface area contributed by atoms with Crippen LogP contribution in [-0.2, 0) is 26.5 Å². The normalized spacial score (nSPS) is 12.5. The molecule has 0 bridgehead atoms. The molecule has 0 saturated carbocycles. The second-order valence-electron chi connectivity index (χ2n) is 14.4. The van der Waals surface area contributed by atoms with Gasteiger partial charge >= 0.3 is 21.1 Å². The van der Waals surface area contributed by atoms with Crippen molar-refractivity contribution in [2.24, 2.45) is 0 Å². The largest absolute Gasteiger partial charge is 2.00 e. The zero-order valence-corrected chi connectivity index (χ0v) is 33.4. The molecule has 0 unspecified atom stereocenters. The Labute approximate surface area is 351 Å². The Morgan fingerprint density at radius 1 is 0.362 bits per heavy atom. The third kappa shape index (κ3) is 5.71. The van der Waals surface area contributed by atoms with E-state index in [2.05, 4.69) is 158 Å². The van der Waals surface area contributed by atoms with Crippen molar-refractivity contribution in [2.75, 3.05) is 0 Å². The van der Waals surface area contributed by atoms with Crippen molar-refractivity contribution in [3.63, 3.8) is 0 Å². The summed E-state index contributed by atoms with van der Waals surface area (Å²) >= 11 is 0. The number of rotatable bonds is 6. The smallest absolute Gasteiger partial charge is 0.305 e. The van der Waals surface area contributed by atoms with Crippen molar-refractivity contribution in [3.8, 4) is 55.9 Å².